The van der Waals surface area contributed by atoms with Gasteiger partial charge in [-0.3, -0.25) is 4.79 Å². The van der Waals surface area contributed by atoms with Gasteiger partial charge in [0.25, 0.3) is 5.91 Å². The topological polar surface area (TPSA) is 55.1 Å². The number of alkyl halides is 6. The molecule has 2 aromatic carbocycles. The van der Waals surface area contributed by atoms with Crippen molar-refractivity contribution in [3.63, 3.8) is 0 Å². The molecule has 0 aliphatic rings. The lowest BCUT2D eigenvalue weighted by molar-refractivity contribution is -0.143. The zero-order valence-electron chi connectivity index (χ0n) is 15.9. The summed E-state index contributed by atoms with van der Waals surface area (Å²) in [5, 5.41) is 2.51. The molecule has 0 spiro atoms. The van der Waals surface area contributed by atoms with E-state index in [1.807, 2.05) is 0 Å². The molecule has 10 heteroatoms. The van der Waals surface area contributed by atoms with Crippen molar-refractivity contribution in [1.82, 2.24) is 4.98 Å². The fraction of sp³-hybridized carbons (Fsp3) is 0.0909. The summed E-state index contributed by atoms with van der Waals surface area (Å²) in [5.41, 5.74) is -3.02. The number of fused-ring (bicyclic) bond motifs is 1. The number of pyridine rings is 1. The lowest BCUT2D eigenvalue weighted by Gasteiger charge is -2.15. The van der Waals surface area contributed by atoms with E-state index in [0.717, 1.165) is 0 Å². The fourth-order valence-corrected chi connectivity index (χ4v) is 3.14. The van der Waals surface area contributed by atoms with Crippen LogP contribution in [0.1, 0.15) is 21.5 Å². The van der Waals surface area contributed by atoms with Gasteiger partial charge in [-0.05, 0) is 42.5 Å². The highest BCUT2D eigenvalue weighted by Gasteiger charge is 2.37. The minimum Gasteiger partial charge on any atom is -0.463 e. The van der Waals surface area contributed by atoms with E-state index < -0.39 is 35.1 Å². The molecule has 0 unspecified atom stereocenters. The van der Waals surface area contributed by atoms with Crippen LogP contribution in [0, 0.1) is 0 Å². The molecule has 4 nitrogen and oxygen atoms in total. The van der Waals surface area contributed by atoms with Gasteiger partial charge in [-0.15, -0.1) is 0 Å². The van der Waals surface area contributed by atoms with E-state index in [0.29, 0.717) is 28.8 Å². The third kappa shape index (κ3) is 4.29. The summed E-state index contributed by atoms with van der Waals surface area (Å²) in [6, 6.07) is 11.9. The molecule has 0 fully saturated rings. The number of rotatable bonds is 3. The van der Waals surface area contributed by atoms with Gasteiger partial charge in [-0.2, -0.15) is 26.3 Å². The summed E-state index contributed by atoms with van der Waals surface area (Å²) in [6.45, 7) is 0. The first-order chi connectivity index (χ1) is 15.0. The Morgan fingerprint density at radius 3 is 2.09 bits per heavy atom. The van der Waals surface area contributed by atoms with Gasteiger partial charge < -0.3 is 9.73 Å². The largest absolute Gasteiger partial charge is 0.463 e. The molecule has 0 saturated carbocycles. The first kappa shape index (κ1) is 21.4. The number of furan rings is 1. The summed E-state index contributed by atoms with van der Waals surface area (Å²) >= 11 is 0. The maximum atomic E-state index is 13.1. The SMILES string of the molecule is O=C(Nc1cc(C(F)(F)F)cc(C(F)(F)F)c1)c1cc(-c2ccco2)nc2ccccc12. The molecular weight excluding hydrogens is 438 g/mol. The predicted octanol–water partition coefficient (Wildman–Crippen LogP) is 6.78. The van der Waals surface area contributed by atoms with E-state index in [2.05, 4.69) is 10.3 Å². The average molecular weight is 450 g/mol. The summed E-state index contributed by atoms with van der Waals surface area (Å²) < 4.78 is 84.0. The number of carbonyl (C=O) groups excluding carboxylic acids is 1. The second-order valence-corrected chi connectivity index (χ2v) is 6.80. The van der Waals surface area contributed by atoms with Gasteiger partial charge in [0.05, 0.1) is 28.5 Å². The second kappa shape index (κ2) is 7.70. The Kier molecular flexibility index (Phi) is 5.15. The van der Waals surface area contributed by atoms with Crippen molar-refractivity contribution in [2.75, 3.05) is 5.32 Å². The summed E-state index contributed by atoms with van der Waals surface area (Å²) in [4.78, 5) is 17.3. The zero-order chi connectivity index (χ0) is 23.1. The van der Waals surface area contributed by atoms with E-state index in [1.54, 1.807) is 36.4 Å². The highest BCUT2D eigenvalue weighted by molar-refractivity contribution is 6.13. The van der Waals surface area contributed by atoms with Gasteiger partial charge in [-0.25, -0.2) is 4.98 Å². The molecular formula is C22H12F6N2O2. The molecule has 1 N–H and O–H groups in total. The number of carbonyl (C=O) groups is 1. The van der Waals surface area contributed by atoms with Crippen LogP contribution >= 0.6 is 0 Å². The molecule has 0 bridgehead atoms. The van der Waals surface area contributed by atoms with Gasteiger partial charge in [0.15, 0.2) is 5.76 Å². The molecule has 0 radical (unpaired) electrons. The quantitative estimate of drug-likeness (QED) is 0.350. The number of hydrogen-bond acceptors (Lipinski definition) is 3. The van der Waals surface area contributed by atoms with Crippen LogP contribution in [-0.2, 0) is 12.4 Å². The fourth-order valence-electron chi connectivity index (χ4n) is 3.14. The number of anilines is 1. The van der Waals surface area contributed by atoms with E-state index in [1.165, 1.54) is 12.3 Å². The molecule has 0 atom stereocenters. The summed E-state index contributed by atoms with van der Waals surface area (Å²) in [5.74, 6) is -0.563. The van der Waals surface area contributed by atoms with Crippen molar-refractivity contribution in [3.05, 3.63) is 83.6 Å². The van der Waals surface area contributed by atoms with E-state index in [4.69, 9.17) is 4.42 Å². The Labute approximate surface area is 176 Å². The Morgan fingerprint density at radius 2 is 1.50 bits per heavy atom. The average Bonchev–Trinajstić information content (AvgIpc) is 3.26. The highest BCUT2D eigenvalue weighted by atomic mass is 19.4. The van der Waals surface area contributed by atoms with Crippen LogP contribution in [0.25, 0.3) is 22.4 Å². The van der Waals surface area contributed by atoms with Crippen LogP contribution in [0.5, 0.6) is 0 Å². The number of hydrogen-bond donors (Lipinski definition) is 1. The van der Waals surface area contributed by atoms with Crippen molar-refractivity contribution in [2.45, 2.75) is 12.4 Å². The van der Waals surface area contributed by atoms with Gasteiger partial charge in [-0.1, -0.05) is 18.2 Å². The van der Waals surface area contributed by atoms with Gasteiger partial charge in [0.1, 0.15) is 5.69 Å². The Hall–Kier alpha value is -3.82. The number of amides is 1. The number of benzene rings is 2. The van der Waals surface area contributed by atoms with Crippen molar-refractivity contribution in [3.8, 4) is 11.5 Å². The molecule has 164 valence electrons. The van der Waals surface area contributed by atoms with E-state index >= 15 is 0 Å². The van der Waals surface area contributed by atoms with Crippen LogP contribution < -0.4 is 5.32 Å². The van der Waals surface area contributed by atoms with Gasteiger partial charge in [0.2, 0.25) is 0 Å². The minimum atomic E-state index is -5.03. The molecule has 4 aromatic rings. The first-order valence-corrected chi connectivity index (χ1v) is 9.07. The number of nitrogens with one attached hydrogen (secondary N) is 1. The van der Waals surface area contributed by atoms with Gasteiger partial charge in [0, 0.05) is 11.1 Å². The standard InChI is InChI=1S/C22H12F6N2O2/c23-21(24,25)12-8-13(22(26,27)28)10-14(9-12)29-20(31)16-11-18(19-6-3-7-32-19)30-17-5-2-1-4-15(16)17/h1-11H,(H,29,31). The van der Waals surface area contributed by atoms with Crippen LogP contribution in [0.3, 0.4) is 0 Å². The summed E-state index contributed by atoms with van der Waals surface area (Å²) in [7, 11) is 0. The lowest BCUT2D eigenvalue weighted by Crippen LogP contribution is -2.16. The number of para-hydroxylation sites is 1. The Balaban J connectivity index is 1.79. The van der Waals surface area contributed by atoms with E-state index in [-0.39, 0.29) is 17.3 Å². The molecule has 0 aliphatic heterocycles. The van der Waals surface area contributed by atoms with Crippen LogP contribution in [0.2, 0.25) is 0 Å². The van der Waals surface area contributed by atoms with Crippen molar-refractivity contribution in [1.29, 1.82) is 0 Å². The number of nitrogens with zero attached hydrogens (tertiary/aromatic N) is 1. The normalized spacial score (nSPS) is 12.2. The van der Waals surface area contributed by atoms with Crippen LogP contribution in [-0.4, -0.2) is 10.9 Å². The molecule has 2 aromatic heterocycles. The summed E-state index contributed by atoms with van der Waals surface area (Å²) in [6.07, 6.45) is -8.67. The molecule has 0 aliphatic carbocycles. The highest BCUT2D eigenvalue weighted by Crippen LogP contribution is 2.38. The number of halogens is 6. The van der Waals surface area contributed by atoms with Gasteiger partial charge >= 0.3 is 12.4 Å². The Morgan fingerprint density at radius 1 is 0.844 bits per heavy atom. The predicted molar refractivity (Wildman–Crippen MR) is 104 cm³/mol. The third-order valence-electron chi connectivity index (χ3n) is 4.58. The third-order valence-corrected chi connectivity index (χ3v) is 4.58. The molecule has 4 rings (SSSR count). The first-order valence-electron chi connectivity index (χ1n) is 9.07. The maximum absolute atomic E-state index is 13.1. The maximum Gasteiger partial charge on any atom is 0.416 e. The van der Waals surface area contributed by atoms with Crippen LogP contribution in [0.15, 0.2) is 71.3 Å². The molecule has 32 heavy (non-hydrogen) atoms. The number of aromatic nitrogens is 1. The lowest BCUT2D eigenvalue weighted by atomic mass is 10.0. The monoisotopic (exact) mass is 450 g/mol. The van der Waals surface area contributed by atoms with Crippen molar-refractivity contribution in [2.24, 2.45) is 0 Å². The zero-order valence-corrected chi connectivity index (χ0v) is 15.9. The van der Waals surface area contributed by atoms with Crippen molar-refractivity contribution < 1.29 is 35.6 Å². The molecule has 2 heterocycles. The van der Waals surface area contributed by atoms with Crippen molar-refractivity contribution >= 4 is 22.5 Å². The van der Waals surface area contributed by atoms with Crippen LogP contribution in [0.4, 0.5) is 32.0 Å². The smallest absolute Gasteiger partial charge is 0.416 e. The van der Waals surface area contributed by atoms with E-state index in [9.17, 15) is 31.1 Å². The minimum absolute atomic E-state index is 0.00738. The molecule has 1 amide bonds. The second-order valence-electron chi connectivity index (χ2n) is 6.80. The Bertz CT molecular complexity index is 1260. The molecule has 0 saturated heterocycles.